The van der Waals surface area contributed by atoms with Gasteiger partial charge in [0.15, 0.2) is 0 Å². The molecule has 0 radical (unpaired) electrons. The summed E-state index contributed by atoms with van der Waals surface area (Å²) in [5, 5.41) is 13.8. The number of carbonyl (C=O) groups is 1. The number of aromatic nitrogens is 3. The molecule has 1 amide bonds. The van der Waals surface area contributed by atoms with Crippen LogP contribution in [0.3, 0.4) is 0 Å². The van der Waals surface area contributed by atoms with Gasteiger partial charge in [-0.3, -0.25) is 4.79 Å². The number of carbonyl (C=O) groups excluding carboxylic acids is 1. The second kappa shape index (κ2) is 8.72. The fraction of sp³-hybridized carbons (Fsp3) is 0.107. The molecule has 0 atom stereocenters. The molecule has 3 aromatic carbocycles. The summed E-state index contributed by atoms with van der Waals surface area (Å²) in [6.45, 7) is 4.19. The highest BCUT2D eigenvalue weighted by Gasteiger charge is 2.13. The van der Waals surface area contributed by atoms with Gasteiger partial charge in [0, 0.05) is 28.4 Å². The molecule has 6 nitrogen and oxygen atoms in total. The van der Waals surface area contributed by atoms with Crippen LogP contribution in [0.5, 0.6) is 0 Å². The van der Waals surface area contributed by atoms with Crippen molar-refractivity contribution in [3.05, 3.63) is 95.4 Å². The van der Waals surface area contributed by atoms with Crippen LogP contribution in [0, 0.1) is 25.2 Å². The van der Waals surface area contributed by atoms with Crippen LogP contribution in [0.2, 0.25) is 0 Å². The zero-order valence-corrected chi connectivity index (χ0v) is 19.0. The van der Waals surface area contributed by atoms with Crippen LogP contribution in [-0.2, 0) is 11.3 Å². The van der Waals surface area contributed by atoms with Crippen molar-refractivity contribution in [3.8, 4) is 6.07 Å². The normalized spacial score (nSPS) is 11.6. The average Bonchev–Trinajstić information content (AvgIpc) is 3.40. The van der Waals surface area contributed by atoms with Crippen molar-refractivity contribution in [3.63, 3.8) is 0 Å². The van der Waals surface area contributed by atoms with Crippen molar-refractivity contribution in [2.45, 2.75) is 20.4 Å². The summed E-state index contributed by atoms with van der Waals surface area (Å²) in [6.07, 6.45) is 3.73. The Morgan fingerprint density at radius 3 is 2.65 bits per heavy atom. The van der Waals surface area contributed by atoms with Crippen LogP contribution in [0.15, 0.2) is 72.9 Å². The maximum atomic E-state index is 12.7. The topological polar surface area (TPSA) is 86.5 Å². The van der Waals surface area contributed by atoms with Crippen molar-refractivity contribution in [1.82, 2.24) is 14.5 Å². The second-order valence-electron chi connectivity index (χ2n) is 8.42. The third-order valence-electron chi connectivity index (χ3n) is 5.78. The summed E-state index contributed by atoms with van der Waals surface area (Å²) in [5.41, 5.74) is 6.94. The number of anilines is 1. The van der Waals surface area contributed by atoms with Crippen LogP contribution in [-0.4, -0.2) is 20.4 Å². The van der Waals surface area contributed by atoms with E-state index in [1.54, 1.807) is 0 Å². The molecule has 5 aromatic rings. The highest BCUT2D eigenvalue weighted by Crippen LogP contribution is 2.26. The first-order valence-electron chi connectivity index (χ1n) is 11.0. The maximum absolute atomic E-state index is 12.7. The lowest BCUT2D eigenvalue weighted by Gasteiger charge is -2.07. The minimum atomic E-state index is -0.117. The summed E-state index contributed by atoms with van der Waals surface area (Å²) in [6, 6.07) is 23.8. The van der Waals surface area contributed by atoms with Crippen LogP contribution < -0.4 is 5.32 Å². The standard InChI is InChI=1S/C28H23N5O/c1-18-7-10-22(11-8-18)30-27(34)17-33-16-21(23-5-3-4-6-26(23)33)14-20(15-29)28-31-24-12-9-19(2)13-25(24)32-28/h3-14,16H,17H2,1-2H3,(H,30,34)(H,31,32). The van der Waals surface area contributed by atoms with E-state index in [-0.39, 0.29) is 12.5 Å². The van der Waals surface area contributed by atoms with Gasteiger partial charge in [-0.25, -0.2) is 4.98 Å². The van der Waals surface area contributed by atoms with Gasteiger partial charge in [0.05, 0.1) is 16.6 Å². The Labute approximate surface area is 197 Å². The number of amides is 1. The van der Waals surface area contributed by atoms with Crippen molar-refractivity contribution >= 4 is 45.2 Å². The van der Waals surface area contributed by atoms with Gasteiger partial charge in [-0.1, -0.05) is 42.0 Å². The summed E-state index contributed by atoms with van der Waals surface area (Å²) in [7, 11) is 0. The van der Waals surface area contributed by atoms with E-state index >= 15 is 0 Å². The fourth-order valence-electron chi connectivity index (χ4n) is 4.07. The summed E-state index contributed by atoms with van der Waals surface area (Å²) in [4.78, 5) is 20.6. The number of hydrogen-bond donors (Lipinski definition) is 2. The fourth-order valence-corrected chi connectivity index (χ4v) is 4.07. The first-order chi connectivity index (χ1) is 16.5. The molecule has 166 valence electrons. The van der Waals surface area contributed by atoms with Crippen LogP contribution in [0.1, 0.15) is 22.5 Å². The minimum Gasteiger partial charge on any atom is -0.337 e. The van der Waals surface area contributed by atoms with Gasteiger partial charge in [-0.05, 0) is 55.8 Å². The van der Waals surface area contributed by atoms with E-state index in [0.29, 0.717) is 11.4 Å². The molecule has 6 heteroatoms. The molecule has 0 aliphatic carbocycles. The molecule has 0 bridgehead atoms. The van der Waals surface area contributed by atoms with E-state index < -0.39 is 0 Å². The van der Waals surface area contributed by atoms with Crippen LogP contribution >= 0.6 is 0 Å². The molecular weight excluding hydrogens is 422 g/mol. The van der Waals surface area contributed by atoms with Gasteiger partial charge < -0.3 is 14.9 Å². The Bertz CT molecular complexity index is 1600. The Hall–Kier alpha value is -4.63. The average molecular weight is 446 g/mol. The summed E-state index contributed by atoms with van der Waals surface area (Å²) >= 11 is 0. The monoisotopic (exact) mass is 445 g/mol. The Kier molecular flexibility index (Phi) is 5.44. The van der Waals surface area contributed by atoms with Crippen LogP contribution in [0.25, 0.3) is 33.6 Å². The third-order valence-corrected chi connectivity index (χ3v) is 5.78. The Morgan fingerprint density at radius 2 is 1.85 bits per heavy atom. The van der Waals surface area contributed by atoms with E-state index in [9.17, 15) is 10.1 Å². The molecule has 0 spiro atoms. The lowest BCUT2D eigenvalue weighted by atomic mass is 10.1. The zero-order chi connectivity index (χ0) is 23.7. The van der Waals surface area contributed by atoms with E-state index in [0.717, 1.165) is 44.3 Å². The molecule has 2 N–H and O–H groups in total. The number of imidazole rings is 1. The highest BCUT2D eigenvalue weighted by atomic mass is 16.1. The summed E-state index contributed by atoms with van der Waals surface area (Å²) in [5.74, 6) is 0.408. The second-order valence-corrected chi connectivity index (χ2v) is 8.42. The number of hydrogen-bond acceptors (Lipinski definition) is 3. The van der Waals surface area contributed by atoms with Gasteiger partial charge >= 0.3 is 0 Å². The number of benzene rings is 3. The number of rotatable bonds is 5. The number of fused-ring (bicyclic) bond motifs is 2. The molecule has 5 rings (SSSR count). The predicted octanol–water partition coefficient (Wildman–Crippen LogP) is 5.84. The molecule has 0 aliphatic heterocycles. The number of aromatic amines is 1. The van der Waals surface area contributed by atoms with Gasteiger partial charge in [0.1, 0.15) is 18.4 Å². The molecule has 2 aromatic heterocycles. The molecule has 0 saturated heterocycles. The number of allylic oxidation sites excluding steroid dienone is 1. The number of aryl methyl sites for hydroxylation is 2. The Balaban J connectivity index is 1.48. The van der Waals surface area contributed by atoms with E-state index in [1.807, 2.05) is 97.4 Å². The first-order valence-corrected chi connectivity index (χ1v) is 11.0. The highest BCUT2D eigenvalue weighted by molar-refractivity contribution is 5.99. The number of nitrogens with zero attached hydrogens (tertiary/aromatic N) is 3. The SMILES string of the molecule is Cc1ccc(NC(=O)Cn2cc(C=C(C#N)c3nc4ccc(C)cc4[nH]3)c3ccccc32)cc1. The van der Waals surface area contributed by atoms with Gasteiger partial charge in [0.25, 0.3) is 0 Å². The largest absolute Gasteiger partial charge is 0.337 e. The van der Waals surface area contributed by atoms with Crippen molar-refractivity contribution in [2.75, 3.05) is 5.32 Å². The molecule has 0 aliphatic rings. The first kappa shape index (κ1) is 21.2. The van der Waals surface area contributed by atoms with Gasteiger partial charge in [-0.15, -0.1) is 0 Å². The molecule has 34 heavy (non-hydrogen) atoms. The molecule has 0 saturated carbocycles. The number of para-hydroxylation sites is 1. The van der Waals surface area contributed by atoms with Gasteiger partial charge in [0.2, 0.25) is 5.91 Å². The minimum absolute atomic E-state index is 0.117. The lowest BCUT2D eigenvalue weighted by Crippen LogP contribution is -2.18. The third kappa shape index (κ3) is 4.19. The summed E-state index contributed by atoms with van der Waals surface area (Å²) < 4.78 is 1.90. The van der Waals surface area contributed by atoms with E-state index in [4.69, 9.17) is 0 Å². The zero-order valence-electron chi connectivity index (χ0n) is 19.0. The van der Waals surface area contributed by atoms with E-state index in [1.165, 1.54) is 0 Å². The van der Waals surface area contributed by atoms with Crippen molar-refractivity contribution in [2.24, 2.45) is 0 Å². The van der Waals surface area contributed by atoms with E-state index in [2.05, 4.69) is 21.4 Å². The predicted molar refractivity (Wildman–Crippen MR) is 136 cm³/mol. The Morgan fingerprint density at radius 1 is 1.09 bits per heavy atom. The van der Waals surface area contributed by atoms with Gasteiger partial charge in [-0.2, -0.15) is 5.26 Å². The number of nitriles is 1. The van der Waals surface area contributed by atoms with Crippen molar-refractivity contribution in [1.29, 1.82) is 5.26 Å². The molecule has 0 unspecified atom stereocenters. The molecule has 2 heterocycles. The quantitative estimate of drug-likeness (QED) is 0.333. The molecular formula is C28H23N5O. The van der Waals surface area contributed by atoms with Crippen LogP contribution in [0.4, 0.5) is 5.69 Å². The number of nitrogens with one attached hydrogen (secondary N) is 2. The smallest absolute Gasteiger partial charge is 0.244 e. The molecule has 0 fully saturated rings. The number of H-pyrrole nitrogens is 1. The van der Waals surface area contributed by atoms with Crippen molar-refractivity contribution < 1.29 is 4.79 Å². The maximum Gasteiger partial charge on any atom is 0.244 e. The lowest BCUT2D eigenvalue weighted by molar-refractivity contribution is -0.116.